The van der Waals surface area contributed by atoms with Crippen LogP contribution in [0.5, 0.6) is 0 Å². The average Bonchev–Trinajstić information content (AvgIpc) is 3.06. The van der Waals surface area contributed by atoms with Crippen molar-refractivity contribution in [3.63, 3.8) is 0 Å². The van der Waals surface area contributed by atoms with Crippen LogP contribution in [-0.2, 0) is 0 Å². The van der Waals surface area contributed by atoms with E-state index in [1.165, 1.54) is 0 Å². The summed E-state index contributed by atoms with van der Waals surface area (Å²) >= 11 is 0. The van der Waals surface area contributed by atoms with Gasteiger partial charge in [-0.2, -0.15) is 5.26 Å². The number of hydrogen-bond donors (Lipinski definition) is 2. The topological polar surface area (TPSA) is 72.4 Å². The predicted molar refractivity (Wildman–Crippen MR) is 107 cm³/mol. The van der Waals surface area contributed by atoms with E-state index in [1.54, 1.807) is 12.1 Å². The lowest BCUT2D eigenvalue weighted by Gasteiger charge is -2.09. The normalized spacial score (nSPS) is 10.5. The third kappa shape index (κ3) is 2.96. The number of nitrogens with one attached hydrogen (secondary N) is 2. The second kappa shape index (κ2) is 6.81. The van der Waals surface area contributed by atoms with Crippen LogP contribution in [0.1, 0.15) is 11.3 Å². The van der Waals surface area contributed by atoms with Gasteiger partial charge in [0, 0.05) is 16.8 Å². The molecule has 0 aliphatic carbocycles. The third-order valence-corrected chi connectivity index (χ3v) is 4.61. The molecule has 0 fully saturated rings. The Morgan fingerprint density at radius 2 is 1.41 bits per heavy atom. The van der Waals surface area contributed by atoms with Gasteiger partial charge < -0.3 is 9.97 Å². The Bertz CT molecular complexity index is 1200. The minimum absolute atomic E-state index is 0.108. The first-order valence-electron chi connectivity index (χ1n) is 8.66. The molecule has 0 saturated heterocycles. The Morgan fingerprint density at radius 1 is 0.778 bits per heavy atom. The Labute approximate surface area is 156 Å². The van der Waals surface area contributed by atoms with Crippen LogP contribution < -0.4 is 5.56 Å². The van der Waals surface area contributed by atoms with E-state index < -0.39 is 0 Å². The van der Waals surface area contributed by atoms with Crippen molar-refractivity contribution in [2.24, 2.45) is 0 Å². The maximum Gasteiger partial charge on any atom is 0.266 e. The zero-order chi connectivity index (χ0) is 18.8. The fourth-order valence-electron chi connectivity index (χ4n) is 3.38. The molecule has 0 aliphatic heterocycles. The Balaban J connectivity index is 2.03. The molecule has 0 unspecified atom stereocenters. The largest absolute Gasteiger partial charge is 0.358 e. The lowest BCUT2D eigenvalue weighted by Crippen LogP contribution is -2.10. The molecule has 0 aliphatic rings. The van der Waals surface area contributed by atoms with E-state index in [9.17, 15) is 4.79 Å². The van der Waals surface area contributed by atoms with Crippen molar-refractivity contribution in [1.29, 1.82) is 5.26 Å². The van der Waals surface area contributed by atoms with E-state index in [1.807, 2.05) is 49.4 Å². The lowest BCUT2D eigenvalue weighted by molar-refractivity contribution is 1.20. The molecule has 4 rings (SSSR count). The molecule has 2 heterocycles. The highest BCUT2D eigenvalue weighted by Gasteiger charge is 2.20. The molecule has 4 aromatic rings. The monoisotopic (exact) mass is 351 g/mol. The Morgan fingerprint density at radius 3 is 2.00 bits per heavy atom. The number of aromatic amines is 2. The Kier molecular flexibility index (Phi) is 4.19. The zero-order valence-electron chi connectivity index (χ0n) is 14.8. The fourth-order valence-corrected chi connectivity index (χ4v) is 3.38. The fraction of sp³-hybridized carbons (Fsp3) is 0.0435. The van der Waals surface area contributed by atoms with Gasteiger partial charge in [-0.1, -0.05) is 60.7 Å². The minimum atomic E-state index is -0.379. The summed E-state index contributed by atoms with van der Waals surface area (Å²) < 4.78 is 0. The number of rotatable bonds is 3. The average molecular weight is 351 g/mol. The summed E-state index contributed by atoms with van der Waals surface area (Å²) in [5.74, 6) is 0. The Hall–Kier alpha value is -3.84. The summed E-state index contributed by atoms with van der Waals surface area (Å²) in [5, 5.41) is 9.04. The predicted octanol–water partition coefficient (Wildman–Crippen LogP) is 4.88. The van der Waals surface area contributed by atoms with Crippen molar-refractivity contribution in [3.8, 4) is 39.7 Å². The van der Waals surface area contributed by atoms with Crippen LogP contribution in [0, 0.1) is 18.3 Å². The van der Waals surface area contributed by atoms with Gasteiger partial charge in [0.1, 0.15) is 11.6 Å². The van der Waals surface area contributed by atoms with E-state index in [0.29, 0.717) is 5.69 Å². The van der Waals surface area contributed by atoms with Crippen LogP contribution in [0.3, 0.4) is 0 Å². The number of benzene rings is 2. The van der Waals surface area contributed by atoms with Crippen LogP contribution in [0.2, 0.25) is 0 Å². The van der Waals surface area contributed by atoms with Crippen molar-refractivity contribution in [1.82, 2.24) is 9.97 Å². The van der Waals surface area contributed by atoms with E-state index in [4.69, 9.17) is 5.26 Å². The summed E-state index contributed by atoms with van der Waals surface area (Å²) in [6.07, 6.45) is 0. The molecule has 0 spiro atoms. The van der Waals surface area contributed by atoms with E-state index in [-0.39, 0.29) is 11.1 Å². The SMILES string of the molecule is Cc1[nH]c(-c2ccccc2)c(-c2ccccc2)c1-c1ccc(C#N)c(=O)[nH]1. The summed E-state index contributed by atoms with van der Waals surface area (Å²) in [6, 6.07) is 25.5. The highest BCUT2D eigenvalue weighted by molar-refractivity contribution is 5.94. The van der Waals surface area contributed by atoms with Gasteiger partial charge in [-0.05, 0) is 30.2 Å². The van der Waals surface area contributed by atoms with E-state index >= 15 is 0 Å². The summed E-state index contributed by atoms with van der Waals surface area (Å²) in [5.41, 5.74) is 6.46. The maximum atomic E-state index is 12.2. The minimum Gasteiger partial charge on any atom is -0.358 e. The molecule has 0 radical (unpaired) electrons. The number of aromatic nitrogens is 2. The van der Waals surface area contributed by atoms with Gasteiger partial charge in [-0.15, -0.1) is 0 Å². The molecule has 130 valence electrons. The molecule has 0 atom stereocenters. The second-order valence-corrected chi connectivity index (χ2v) is 6.33. The molecule has 4 heteroatoms. The molecule has 0 saturated carbocycles. The molecule has 0 bridgehead atoms. The van der Waals surface area contributed by atoms with Crippen molar-refractivity contribution in [2.75, 3.05) is 0 Å². The standard InChI is InChI=1S/C23H17N3O/c1-15-20(19-13-12-18(14-24)23(27)26-19)21(16-8-4-2-5-9-16)22(25-15)17-10-6-3-7-11-17/h2-13,25H,1H3,(H,26,27). The number of aryl methyl sites for hydroxylation is 1. The van der Waals surface area contributed by atoms with E-state index in [2.05, 4.69) is 34.2 Å². The molecule has 2 aromatic heterocycles. The van der Waals surface area contributed by atoms with Crippen LogP contribution >= 0.6 is 0 Å². The van der Waals surface area contributed by atoms with Crippen molar-refractivity contribution >= 4 is 0 Å². The smallest absolute Gasteiger partial charge is 0.266 e. The number of hydrogen-bond acceptors (Lipinski definition) is 2. The van der Waals surface area contributed by atoms with Gasteiger partial charge in [0.2, 0.25) is 0 Å². The van der Waals surface area contributed by atoms with Gasteiger partial charge in [0.25, 0.3) is 5.56 Å². The highest BCUT2D eigenvalue weighted by Crippen LogP contribution is 2.41. The first-order chi connectivity index (χ1) is 13.2. The van der Waals surface area contributed by atoms with Crippen LogP contribution in [0.4, 0.5) is 0 Å². The first-order valence-corrected chi connectivity index (χ1v) is 8.66. The number of nitrogens with zero attached hydrogens (tertiary/aromatic N) is 1. The third-order valence-electron chi connectivity index (χ3n) is 4.61. The number of H-pyrrole nitrogens is 2. The number of nitriles is 1. The molecular weight excluding hydrogens is 334 g/mol. The number of pyridine rings is 1. The summed E-state index contributed by atoms with van der Waals surface area (Å²) in [7, 11) is 0. The van der Waals surface area contributed by atoms with E-state index in [0.717, 1.165) is 33.6 Å². The zero-order valence-corrected chi connectivity index (χ0v) is 14.8. The van der Waals surface area contributed by atoms with Gasteiger partial charge >= 0.3 is 0 Å². The van der Waals surface area contributed by atoms with Gasteiger partial charge in [0.15, 0.2) is 0 Å². The second-order valence-electron chi connectivity index (χ2n) is 6.33. The molecule has 2 N–H and O–H groups in total. The highest BCUT2D eigenvalue weighted by atomic mass is 16.1. The van der Waals surface area contributed by atoms with Crippen LogP contribution in [-0.4, -0.2) is 9.97 Å². The molecular formula is C23H17N3O. The van der Waals surface area contributed by atoms with Gasteiger partial charge in [-0.3, -0.25) is 4.79 Å². The van der Waals surface area contributed by atoms with Gasteiger partial charge in [-0.25, -0.2) is 0 Å². The molecule has 4 nitrogen and oxygen atoms in total. The summed E-state index contributed by atoms with van der Waals surface area (Å²) in [6.45, 7) is 1.99. The first kappa shape index (κ1) is 16.6. The quantitative estimate of drug-likeness (QED) is 0.552. The van der Waals surface area contributed by atoms with Crippen LogP contribution in [0.25, 0.3) is 33.6 Å². The van der Waals surface area contributed by atoms with Crippen molar-refractivity contribution in [3.05, 3.63) is 94.4 Å². The van der Waals surface area contributed by atoms with Crippen molar-refractivity contribution < 1.29 is 0 Å². The summed E-state index contributed by atoms with van der Waals surface area (Å²) in [4.78, 5) is 18.5. The molecule has 2 aromatic carbocycles. The molecule has 27 heavy (non-hydrogen) atoms. The van der Waals surface area contributed by atoms with Crippen molar-refractivity contribution in [2.45, 2.75) is 6.92 Å². The lowest BCUT2D eigenvalue weighted by atomic mass is 9.95. The van der Waals surface area contributed by atoms with Gasteiger partial charge in [0.05, 0.1) is 11.4 Å². The maximum absolute atomic E-state index is 12.2. The molecule has 0 amide bonds. The van der Waals surface area contributed by atoms with Crippen LogP contribution in [0.15, 0.2) is 77.6 Å².